The minimum Gasteiger partial charge on any atom is -0.386 e. The van der Waals surface area contributed by atoms with Gasteiger partial charge in [0.15, 0.2) is 0 Å². The first-order chi connectivity index (χ1) is 8.47. The monoisotopic (exact) mass is 244 g/mol. The van der Waals surface area contributed by atoms with E-state index in [4.69, 9.17) is 0 Å². The predicted octanol–water partition coefficient (Wildman–Crippen LogP) is 3.14. The van der Waals surface area contributed by atoms with Crippen molar-refractivity contribution in [1.82, 2.24) is 9.61 Å². The van der Waals surface area contributed by atoms with Gasteiger partial charge in [0.25, 0.3) is 0 Å². The molecule has 3 heteroatoms. The van der Waals surface area contributed by atoms with Crippen LogP contribution in [0.2, 0.25) is 0 Å². The van der Waals surface area contributed by atoms with Crippen molar-refractivity contribution in [3.8, 4) is 0 Å². The van der Waals surface area contributed by atoms with Crippen molar-refractivity contribution in [1.29, 1.82) is 0 Å². The van der Waals surface area contributed by atoms with E-state index in [0.717, 1.165) is 16.8 Å². The maximum atomic E-state index is 10.1. The molecular formula is C15H20N2O. The molecule has 3 nitrogen and oxygen atoms in total. The molecule has 0 bridgehead atoms. The summed E-state index contributed by atoms with van der Waals surface area (Å²) < 4.78 is 1.94. The van der Waals surface area contributed by atoms with Crippen LogP contribution in [-0.4, -0.2) is 14.7 Å². The summed E-state index contributed by atoms with van der Waals surface area (Å²) in [6.45, 7) is 5.74. The van der Waals surface area contributed by atoms with E-state index < -0.39 is 5.60 Å². The summed E-state index contributed by atoms with van der Waals surface area (Å²) in [6, 6.07) is 4.04. The predicted molar refractivity (Wildman–Crippen MR) is 71.8 cm³/mol. The zero-order valence-electron chi connectivity index (χ0n) is 11.3. The molecule has 1 saturated carbocycles. The number of aliphatic hydroxyl groups is 1. The molecule has 3 rings (SSSR count). The fraction of sp³-hybridized carbons (Fsp3) is 0.533. The Morgan fingerprint density at radius 3 is 2.67 bits per heavy atom. The summed E-state index contributed by atoms with van der Waals surface area (Å²) in [6.07, 6.45) is 5.83. The molecule has 1 aliphatic rings. The molecule has 0 saturated heterocycles. The quantitative estimate of drug-likeness (QED) is 0.881. The third kappa shape index (κ3) is 1.74. The molecule has 0 aliphatic heterocycles. The zero-order valence-corrected chi connectivity index (χ0v) is 11.3. The van der Waals surface area contributed by atoms with Gasteiger partial charge in [0, 0.05) is 11.8 Å². The highest BCUT2D eigenvalue weighted by molar-refractivity contribution is 5.60. The minimum atomic E-state index is -0.795. The van der Waals surface area contributed by atoms with Crippen LogP contribution in [0, 0.1) is 6.92 Å². The SMILES string of the molecule is Cc1nn2ccc(C(C)(C)O)cc2c1C1CCC1. The van der Waals surface area contributed by atoms with Crippen molar-refractivity contribution in [3.63, 3.8) is 0 Å². The lowest BCUT2D eigenvalue weighted by molar-refractivity contribution is 0.0786. The highest BCUT2D eigenvalue weighted by Gasteiger charge is 2.26. The average molecular weight is 244 g/mol. The van der Waals surface area contributed by atoms with E-state index in [1.54, 1.807) is 0 Å². The molecule has 0 atom stereocenters. The van der Waals surface area contributed by atoms with Crippen LogP contribution in [0.15, 0.2) is 18.3 Å². The van der Waals surface area contributed by atoms with Crippen LogP contribution in [0.5, 0.6) is 0 Å². The summed E-state index contributed by atoms with van der Waals surface area (Å²) in [4.78, 5) is 0. The number of hydrogen-bond donors (Lipinski definition) is 1. The lowest BCUT2D eigenvalue weighted by Crippen LogP contribution is -2.16. The second-order valence-electron chi connectivity index (χ2n) is 5.93. The van der Waals surface area contributed by atoms with Gasteiger partial charge >= 0.3 is 0 Å². The molecule has 0 radical (unpaired) electrons. The van der Waals surface area contributed by atoms with Crippen LogP contribution in [0.1, 0.15) is 55.8 Å². The van der Waals surface area contributed by atoms with Crippen LogP contribution in [0.25, 0.3) is 5.52 Å². The van der Waals surface area contributed by atoms with Crippen LogP contribution in [0.3, 0.4) is 0 Å². The molecule has 2 aromatic heterocycles. The normalized spacial score (nSPS) is 17.1. The topological polar surface area (TPSA) is 37.5 Å². The van der Waals surface area contributed by atoms with E-state index in [1.807, 2.05) is 30.6 Å². The summed E-state index contributed by atoms with van der Waals surface area (Å²) >= 11 is 0. The Kier molecular flexibility index (Phi) is 2.49. The molecule has 0 spiro atoms. The lowest BCUT2D eigenvalue weighted by atomic mass is 9.79. The van der Waals surface area contributed by atoms with Gasteiger partial charge in [-0.15, -0.1) is 0 Å². The maximum absolute atomic E-state index is 10.1. The van der Waals surface area contributed by atoms with E-state index in [1.165, 1.54) is 24.8 Å². The molecule has 1 N–H and O–H groups in total. The molecule has 18 heavy (non-hydrogen) atoms. The molecular weight excluding hydrogens is 224 g/mol. The average Bonchev–Trinajstić information content (AvgIpc) is 2.51. The molecule has 2 heterocycles. The smallest absolute Gasteiger partial charge is 0.0841 e. The van der Waals surface area contributed by atoms with E-state index in [2.05, 4.69) is 18.1 Å². The molecule has 1 fully saturated rings. The summed E-state index contributed by atoms with van der Waals surface area (Å²) in [7, 11) is 0. The molecule has 0 aromatic carbocycles. The van der Waals surface area contributed by atoms with Crippen LogP contribution < -0.4 is 0 Å². The van der Waals surface area contributed by atoms with Gasteiger partial charge in [0.1, 0.15) is 0 Å². The zero-order chi connectivity index (χ0) is 12.9. The highest BCUT2D eigenvalue weighted by atomic mass is 16.3. The minimum absolute atomic E-state index is 0.666. The Morgan fingerprint density at radius 2 is 2.11 bits per heavy atom. The number of fused-ring (bicyclic) bond motifs is 1. The van der Waals surface area contributed by atoms with E-state index in [-0.39, 0.29) is 0 Å². The standard InChI is InChI=1S/C15H20N2O/c1-10-14(11-5-4-6-11)13-9-12(15(2,3)18)7-8-17(13)16-10/h7-9,11,18H,4-6H2,1-3H3. The summed E-state index contributed by atoms with van der Waals surface area (Å²) in [5, 5.41) is 14.7. The van der Waals surface area contributed by atoms with Gasteiger partial charge in [0.05, 0.1) is 16.8 Å². The van der Waals surface area contributed by atoms with Crippen LogP contribution >= 0.6 is 0 Å². The third-order valence-corrected chi connectivity index (χ3v) is 4.08. The molecule has 0 unspecified atom stereocenters. The number of nitrogens with zero attached hydrogens (tertiary/aromatic N) is 2. The summed E-state index contributed by atoms with van der Waals surface area (Å²) in [5.74, 6) is 0.666. The van der Waals surface area contributed by atoms with Gasteiger partial charge in [-0.2, -0.15) is 5.10 Å². The van der Waals surface area contributed by atoms with Crippen molar-refractivity contribution in [2.24, 2.45) is 0 Å². The van der Waals surface area contributed by atoms with Gasteiger partial charge in [-0.05, 0) is 57.2 Å². The van der Waals surface area contributed by atoms with Gasteiger partial charge in [-0.1, -0.05) is 6.42 Å². The largest absolute Gasteiger partial charge is 0.386 e. The lowest BCUT2D eigenvalue weighted by Gasteiger charge is -2.26. The maximum Gasteiger partial charge on any atom is 0.0841 e. The highest BCUT2D eigenvalue weighted by Crippen LogP contribution is 2.40. The Bertz CT molecular complexity index is 588. The Hall–Kier alpha value is -1.35. The van der Waals surface area contributed by atoms with E-state index >= 15 is 0 Å². The Morgan fingerprint density at radius 1 is 1.39 bits per heavy atom. The van der Waals surface area contributed by atoms with Crippen molar-refractivity contribution in [2.45, 2.75) is 51.6 Å². The summed E-state index contributed by atoms with van der Waals surface area (Å²) in [5.41, 5.74) is 3.84. The van der Waals surface area contributed by atoms with Crippen molar-refractivity contribution >= 4 is 5.52 Å². The third-order valence-electron chi connectivity index (χ3n) is 4.08. The van der Waals surface area contributed by atoms with Gasteiger partial charge < -0.3 is 5.11 Å². The van der Waals surface area contributed by atoms with E-state index in [9.17, 15) is 5.11 Å². The van der Waals surface area contributed by atoms with Crippen molar-refractivity contribution in [2.75, 3.05) is 0 Å². The fourth-order valence-electron chi connectivity index (χ4n) is 2.76. The van der Waals surface area contributed by atoms with Gasteiger partial charge in [-0.25, -0.2) is 4.52 Å². The molecule has 1 aliphatic carbocycles. The molecule has 0 amide bonds. The molecule has 96 valence electrons. The number of hydrogen-bond acceptors (Lipinski definition) is 2. The number of aryl methyl sites for hydroxylation is 1. The Labute approximate surface area is 107 Å². The first-order valence-electron chi connectivity index (χ1n) is 6.68. The van der Waals surface area contributed by atoms with Crippen LogP contribution in [0.4, 0.5) is 0 Å². The second kappa shape index (κ2) is 3.82. The fourth-order valence-corrected chi connectivity index (χ4v) is 2.76. The molecule has 2 aromatic rings. The first kappa shape index (κ1) is 11.7. The van der Waals surface area contributed by atoms with Gasteiger partial charge in [-0.3, -0.25) is 0 Å². The van der Waals surface area contributed by atoms with E-state index in [0.29, 0.717) is 5.92 Å². The van der Waals surface area contributed by atoms with Crippen molar-refractivity contribution < 1.29 is 5.11 Å². The second-order valence-corrected chi connectivity index (χ2v) is 5.93. The van der Waals surface area contributed by atoms with Gasteiger partial charge in [0.2, 0.25) is 0 Å². The number of pyridine rings is 1. The number of rotatable bonds is 2. The first-order valence-corrected chi connectivity index (χ1v) is 6.68. The number of aromatic nitrogens is 2. The van der Waals surface area contributed by atoms with Crippen molar-refractivity contribution in [3.05, 3.63) is 35.2 Å². The Balaban J connectivity index is 2.18. The van der Waals surface area contributed by atoms with Crippen LogP contribution in [-0.2, 0) is 5.60 Å².